The Morgan fingerprint density at radius 2 is 1.79 bits per heavy atom. The van der Waals surface area contributed by atoms with Gasteiger partial charge in [0.2, 0.25) is 0 Å². The van der Waals surface area contributed by atoms with Gasteiger partial charge in [-0.25, -0.2) is 9.69 Å². The Morgan fingerprint density at radius 3 is 2.26 bits per heavy atom. The van der Waals surface area contributed by atoms with Crippen LogP contribution in [0.5, 0.6) is 0 Å². The van der Waals surface area contributed by atoms with Crippen molar-refractivity contribution in [2.45, 2.75) is 12.6 Å². The van der Waals surface area contributed by atoms with E-state index in [-0.39, 0.29) is 13.2 Å². The van der Waals surface area contributed by atoms with Gasteiger partial charge in [-0.3, -0.25) is 4.79 Å². The molecule has 19 heavy (non-hydrogen) atoms. The van der Waals surface area contributed by atoms with Crippen LogP contribution >= 0.6 is 0 Å². The highest BCUT2D eigenvalue weighted by atomic mass is 19.4. The summed E-state index contributed by atoms with van der Waals surface area (Å²) >= 11 is 0. The van der Waals surface area contributed by atoms with Gasteiger partial charge in [0, 0.05) is 6.54 Å². The second-order valence-electron chi connectivity index (χ2n) is 4.04. The maximum absolute atomic E-state index is 12.3. The van der Waals surface area contributed by atoms with Crippen molar-refractivity contribution in [3.8, 4) is 0 Å². The van der Waals surface area contributed by atoms with Gasteiger partial charge in [0.1, 0.15) is 0 Å². The lowest BCUT2D eigenvalue weighted by atomic mass is 10.1. The molecule has 2 rings (SSSR count). The van der Waals surface area contributed by atoms with Gasteiger partial charge < -0.3 is 4.74 Å². The molecule has 0 aliphatic carbocycles. The molecule has 1 fully saturated rings. The maximum atomic E-state index is 12.3. The molecule has 1 saturated heterocycles. The van der Waals surface area contributed by atoms with Gasteiger partial charge in [0.15, 0.2) is 6.61 Å². The summed E-state index contributed by atoms with van der Waals surface area (Å²) in [6.45, 7) is -0.172. The highest BCUT2D eigenvalue weighted by Gasteiger charge is 2.31. The lowest BCUT2D eigenvalue weighted by Gasteiger charge is -2.11. The predicted molar refractivity (Wildman–Crippen MR) is 58.2 cm³/mol. The zero-order valence-corrected chi connectivity index (χ0v) is 9.74. The van der Waals surface area contributed by atoms with Crippen LogP contribution in [0.4, 0.5) is 18.0 Å². The number of hydrogen-bond acceptors (Lipinski definition) is 3. The van der Waals surface area contributed by atoms with Crippen LogP contribution < -0.4 is 0 Å². The number of hydrogen-bond donors (Lipinski definition) is 0. The first-order valence-corrected chi connectivity index (χ1v) is 5.51. The molecule has 1 aliphatic heterocycles. The average molecular weight is 273 g/mol. The lowest BCUT2D eigenvalue weighted by Crippen LogP contribution is -2.31. The van der Waals surface area contributed by atoms with E-state index in [1.54, 1.807) is 0 Å². The monoisotopic (exact) mass is 273 g/mol. The molecule has 1 heterocycles. The second kappa shape index (κ2) is 4.91. The molecule has 0 N–H and O–H groups in total. The SMILES string of the molecule is O=C1COC(=O)N1CCc1ccc(C(F)(F)F)cc1. The van der Waals surface area contributed by atoms with E-state index in [9.17, 15) is 22.8 Å². The standard InChI is InChI=1S/C12H10F3NO3/c13-12(14,15)9-3-1-8(2-4-9)5-6-16-10(17)7-19-11(16)18/h1-4H,5-7H2. The van der Waals surface area contributed by atoms with Crippen LogP contribution in [0, 0.1) is 0 Å². The minimum Gasteiger partial charge on any atom is -0.439 e. The Balaban J connectivity index is 1.97. The van der Waals surface area contributed by atoms with Crippen LogP contribution in [0.25, 0.3) is 0 Å². The Hall–Kier alpha value is -2.05. The van der Waals surface area contributed by atoms with Crippen molar-refractivity contribution in [2.75, 3.05) is 13.2 Å². The molecular formula is C12H10F3NO3. The van der Waals surface area contributed by atoms with E-state index >= 15 is 0 Å². The first-order chi connectivity index (χ1) is 8.88. The largest absolute Gasteiger partial charge is 0.439 e. The van der Waals surface area contributed by atoms with Gasteiger partial charge in [-0.1, -0.05) is 12.1 Å². The summed E-state index contributed by atoms with van der Waals surface area (Å²) in [4.78, 5) is 23.3. The first-order valence-electron chi connectivity index (χ1n) is 5.51. The minimum atomic E-state index is -4.37. The Kier molecular flexibility index (Phi) is 3.46. The van der Waals surface area contributed by atoms with Crippen molar-refractivity contribution < 1.29 is 27.5 Å². The third-order valence-corrected chi connectivity index (χ3v) is 2.75. The number of nitrogens with zero attached hydrogens (tertiary/aromatic N) is 1. The van der Waals surface area contributed by atoms with Crippen molar-refractivity contribution in [1.82, 2.24) is 4.90 Å². The zero-order chi connectivity index (χ0) is 14.0. The molecule has 0 radical (unpaired) electrons. The van der Waals surface area contributed by atoms with Crippen LogP contribution in [-0.2, 0) is 22.1 Å². The van der Waals surface area contributed by atoms with E-state index in [4.69, 9.17) is 0 Å². The number of ether oxygens (including phenoxy) is 1. The molecule has 4 nitrogen and oxygen atoms in total. The fraction of sp³-hybridized carbons (Fsp3) is 0.333. The Bertz CT molecular complexity index is 480. The molecule has 0 saturated carbocycles. The van der Waals surface area contributed by atoms with Crippen LogP contribution in [0.1, 0.15) is 11.1 Å². The lowest BCUT2D eigenvalue weighted by molar-refractivity contribution is -0.137. The Labute approximate surface area is 106 Å². The number of alkyl halides is 3. The highest BCUT2D eigenvalue weighted by Crippen LogP contribution is 2.29. The number of carbonyl (C=O) groups is 2. The van der Waals surface area contributed by atoms with Crippen LogP contribution in [0.3, 0.4) is 0 Å². The van der Waals surface area contributed by atoms with Gasteiger partial charge in [0.25, 0.3) is 5.91 Å². The molecule has 102 valence electrons. The molecule has 0 unspecified atom stereocenters. The van der Waals surface area contributed by atoms with E-state index in [1.807, 2.05) is 0 Å². The molecule has 0 bridgehead atoms. The van der Waals surface area contributed by atoms with E-state index < -0.39 is 23.7 Å². The number of halogens is 3. The molecule has 1 aromatic carbocycles. The van der Waals surface area contributed by atoms with Crippen molar-refractivity contribution in [3.05, 3.63) is 35.4 Å². The number of cyclic esters (lactones) is 1. The van der Waals surface area contributed by atoms with Crippen molar-refractivity contribution >= 4 is 12.0 Å². The molecule has 7 heteroatoms. The average Bonchev–Trinajstić information content (AvgIpc) is 2.66. The van der Waals surface area contributed by atoms with E-state index in [2.05, 4.69) is 4.74 Å². The second-order valence-corrected chi connectivity index (χ2v) is 4.04. The molecule has 0 spiro atoms. The number of imide groups is 1. The molecule has 2 amide bonds. The molecule has 1 aromatic rings. The summed E-state index contributed by atoms with van der Waals surface area (Å²) < 4.78 is 41.5. The smallest absolute Gasteiger partial charge is 0.417 e. The fourth-order valence-corrected chi connectivity index (χ4v) is 1.70. The topological polar surface area (TPSA) is 46.6 Å². The minimum absolute atomic E-state index is 0.100. The van der Waals surface area contributed by atoms with Crippen LogP contribution in [-0.4, -0.2) is 30.1 Å². The van der Waals surface area contributed by atoms with Crippen LogP contribution in [0.15, 0.2) is 24.3 Å². The van der Waals surface area contributed by atoms with Gasteiger partial charge in [-0.05, 0) is 24.1 Å². The van der Waals surface area contributed by atoms with Gasteiger partial charge in [-0.2, -0.15) is 13.2 Å². The zero-order valence-electron chi connectivity index (χ0n) is 9.74. The highest BCUT2D eigenvalue weighted by molar-refractivity contribution is 5.97. The predicted octanol–water partition coefficient (Wildman–Crippen LogP) is 2.23. The van der Waals surface area contributed by atoms with Gasteiger partial charge in [0.05, 0.1) is 5.56 Å². The number of rotatable bonds is 3. The van der Waals surface area contributed by atoms with E-state index in [0.29, 0.717) is 12.0 Å². The summed E-state index contributed by atoms with van der Waals surface area (Å²) in [7, 11) is 0. The molecule has 0 atom stereocenters. The summed E-state index contributed by atoms with van der Waals surface area (Å²) in [5.41, 5.74) is -0.117. The maximum Gasteiger partial charge on any atom is 0.417 e. The normalized spacial score (nSPS) is 15.8. The molecular weight excluding hydrogens is 263 g/mol. The quantitative estimate of drug-likeness (QED) is 0.848. The number of carbonyl (C=O) groups excluding carboxylic acids is 2. The fourth-order valence-electron chi connectivity index (χ4n) is 1.70. The summed E-state index contributed by atoms with van der Waals surface area (Å²) in [5.74, 6) is -0.433. The van der Waals surface area contributed by atoms with Gasteiger partial charge in [-0.15, -0.1) is 0 Å². The molecule has 1 aliphatic rings. The van der Waals surface area contributed by atoms with E-state index in [1.165, 1.54) is 12.1 Å². The third-order valence-electron chi connectivity index (χ3n) is 2.75. The number of amides is 2. The van der Waals surface area contributed by atoms with Crippen molar-refractivity contribution in [2.24, 2.45) is 0 Å². The van der Waals surface area contributed by atoms with Crippen LogP contribution in [0.2, 0.25) is 0 Å². The number of benzene rings is 1. The Morgan fingerprint density at radius 1 is 1.16 bits per heavy atom. The summed E-state index contributed by atoms with van der Waals surface area (Å²) in [6, 6.07) is 4.60. The van der Waals surface area contributed by atoms with Crippen molar-refractivity contribution in [1.29, 1.82) is 0 Å². The third kappa shape index (κ3) is 3.04. The molecule has 0 aromatic heterocycles. The van der Waals surface area contributed by atoms with Gasteiger partial charge >= 0.3 is 12.3 Å². The van der Waals surface area contributed by atoms with E-state index in [0.717, 1.165) is 17.0 Å². The van der Waals surface area contributed by atoms with Crippen molar-refractivity contribution in [3.63, 3.8) is 0 Å². The first kappa shape index (κ1) is 13.4. The summed E-state index contributed by atoms with van der Waals surface area (Å²) in [6.07, 6.45) is -4.79. The summed E-state index contributed by atoms with van der Waals surface area (Å²) in [5, 5.41) is 0.